The molecule has 18 heavy (non-hydrogen) atoms. The molecule has 94 valence electrons. The van der Waals surface area contributed by atoms with E-state index in [4.69, 9.17) is 12.2 Å². The number of H-pyrrole nitrogens is 1. The number of aliphatic hydroxyl groups excluding tert-OH is 1. The molecular weight excluding hydrogens is 264 g/mol. The predicted molar refractivity (Wildman–Crippen MR) is 80.1 cm³/mol. The summed E-state index contributed by atoms with van der Waals surface area (Å²) >= 11 is 9.38. The summed E-state index contributed by atoms with van der Waals surface area (Å²) in [5.41, 5.74) is 3.49. The number of rotatable bonds is 1. The SMILES string of the molecule is OCC1c2[nH]c3ccccc3c2CCN1C(=S)S. The molecule has 1 aromatic heterocycles. The van der Waals surface area contributed by atoms with Crippen LogP contribution in [-0.4, -0.2) is 32.5 Å². The largest absolute Gasteiger partial charge is 0.394 e. The molecule has 1 unspecified atom stereocenters. The summed E-state index contributed by atoms with van der Waals surface area (Å²) < 4.78 is 0.540. The van der Waals surface area contributed by atoms with Crippen LogP contribution in [0.2, 0.25) is 0 Å². The first-order valence-electron chi connectivity index (χ1n) is 5.92. The standard InChI is InChI=1S/C13H14N2OS2/c16-7-11-12-9(5-6-15(11)13(17)18)8-3-1-2-4-10(8)14-12/h1-4,11,14,16H,5-7H2,(H,17,18). The number of thiocarbonyl (C=S) groups is 1. The Bertz CT molecular complexity index is 608. The van der Waals surface area contributed by atoms with Crippen molar-refractivity contribution in [3.8, 4) is 0 Å². The van der Waals surface area contributed by atoms with Crippen LogP contribution >= 0.6 is 24.8 Å². The fourth-order valence-electron chi connectivity index (χ4n) is 2.74. The predicted octanol–water partition coefficient (Wildman–Crippen LogP) is 2.27. The molecular formula is C13H14N2OS2. The van der Waals surface area contributed by atoms with Crippen LogP contribution in [0.4, 0.5) is 0 Å². The smallest absolute Gasteiger partial charge is 0.133 e. The molecule has 3 rings (SSSR count). The Balaban J connectivity index is 2.16. The number of nitrogens with zero attached hydrogens (tertiary/aromatic N) is 1. The molecule has 0 spiro atoms. The molecule has 3 nitrogen and oxygen atoms in total. The molecule has 2 N–H and O–H groups in total. The highest BCUT2D eigenvalue weighted by Crippen LogP contribution is 2.34. The molecule has 0 saturated carbocycles. The maximum atomic E-state index is 9.63. The third kappa shape index (κ3) is 1.74. The number of fused-ring (bicyclic) bond motifs is 3. The van der Waals surface area contributed by atoms with Gasteiger partial charge in [0, 0.05) is 23.1 Å². The highest BCUT2D eigenvalue weighted by Gasteiger charge is 2.30. The van der Waals surface area contributed by atoms with Crippen molar-refractivity contribution < 1.29 is 5.11 Å². The second-order valence-corrected chi connectivity index (χ2v) is 5.60. The van der Waals surface area contributed by atoms with Crippen molar-refractivity contribution in [3.05, 3.63) is 35.5 Å². The number of nitrogens with one attached hydrogen (secondary N) is 1. The number of para-hydroxylation sites is 1. The zero-order valence-electron chi connectivity index (χ0n) is 9.76. The van der Waals surface area contributed by atoms with Crippen LogP contribution in [0.1, 0.15) is 17.3 Å². The molecule has 2 aromatic rings. The van der Waals surface area contributed by atoms with Gasteiger partial charge in [-0.25, -0.2) is 0 Å². The molecule has 1 aliphatic rings. The first kappa shape index (κ1) is 12.0. The first-order chi connectivity index (χ1) is 8.72. The van der Waals surface area contributed by atoms with Crippen molar-refractivity contribution in [3.63, 3.8) is 0 Å². The zero-order valence-corrected chi connectivity index (χ0v) is 11.5. The summed E-state index contributed by atoms with van der Waals surface area (Å²) in [4.78, 5) is 5.38. The lowest BCUT2D eigenvalue weighted by molar-refractivity contribution is 0.175. The van der Waals surface area contributed by atoms with Crippen LogP contribution in [0, 0.1) is 0 Å². The van der Waals surface area contributed by atoms with Gasteiger partial charge in [0.2, 0.25) is 0 Å². The topological polar surface area (TPSA) is 39.3 Å². The third-order valence-electron chi connectivity index (χ3n) is 3.58. The summed E-state index contributed by atoms with van der Waals surface area (Å²) in [5.74, 6) is 0. The van der Waals surface area contributed by atoms with Crippen LogP contribution in [0.5, 0.6) is 0 Å². The van der Waals surface area contributed by atoms with Crippen molar-refractivity contribution in [1.82, 2.24) is 9.88 Å². The van der Waals surface area contributed by atoms with Crippen LogP contribution in [-0.2, 0) is 6.42 Å². The van der Waals surface area contributed by atoms with Crippen molar-refractivity contribution >= 4 is 40.1 Å². The van der Waals surface area contributed by atoms with Gasteiger partial charge in [-0.3, -0.25) is 0 Å². The van der Waals surface area contributed by atoms with Gasteiger partial charge in [-0.05, 0) is 18.1 Å². The van der Waals surface area contributed by atoms with Gasteiger partial charge in [0.25, 0.3) is 0 Å². The monoisotopic (exact) mass is 278 g/mol. The second kappa shape index (κ2) is 4.57. The molecule has 1 aromatic carbocycles. The van der Waals surface area contributed by atoms with Gasteiger partial charge in [-0.1, -0.05) is 30.4 Å². The van der Waals surface area contributed by atoms with Crippen molar-refractivity contribution in [2.24, 2.45) is 0 Å². The third-order valence-corrected chi connectivity index (χ3v) is 4.07. The maximum Gasteiger partial charge on any atom is 0.133 e. The van der Waals surface area contributed by atoms with E-state index in [2.05, 4.69) is 29.7 Å². The minimum absolute atomic E-state index is 0.0422. The summed E-state index contributed by atoms with van der Waals surface area (Å²) in [6, 6.07) is 8.13. The van der Waals surface area contributed by atoms with Crippen molar-refractivity contribution in [1.29, 1.82) is 0 Å². The van der Waals surface area contributed by atoms with Crippen LogP contribution in [0.25, 0.3) is 10.9 Å². The molecule has 0 saturated heterocycles. The molecule has 0 radical (unpaired) electrons. The number of aromatic nitrogens is 1. The van der Waals surface area contributed by atoms with Gasteiger partial charge in [0.15, 0.2) is 0 Å². The van der Waals surface area contributed by atoms with Gasteiger partial charge in [0.1, 0.15) is 4.32 Å². The number of aliphatic hydroxyl groups is 1. The van der Waals surface area contributed by atoms with Crippen LogP contribution in [0.15, 0.2) is 24.3 Å². The highest BCUT2D eigenvalue weighted by molar-refractivity contribution is 8.10. The van der Waals surface area contributed by atoms with E-state index in [0.717, 1.165) is 24.2 Å². The number of aromatic amines is 1. The Morgan fingerprint density at radius 1 is 1.50 bits per heavy atom. The van der Waals surface area contributed by atoms with Gasteiger partial charge in [-0.2, -0.15) is 0 Å². The maximum absolute atomic E-state index is 9.63. The average Bonchev–Trinajstić information content (AvgIpc) is 2.75. The zero-order chi connectivity index (χ0) is 12.7. The number of hydrogen-bond donors (Lipinski definition) is 3. The Morgan fingerprint density at radius 2 is 2.28 bits per heavy atom. The molecule has 0 aliphatic carbocycles. The summed E-state index contributed by atoms with van der Waals surface area (Å²) in [6.07, 6.45) is 0.927. The summed E-state index contributed by atoms with van der Waals surface area (Å²) in [7, 11) is 0. The summed E-state index contributed by atoms with van der Waals surface area (Å²) in [5, 5.41) is 10.9. The van der Waals surface area contributed by atoms with E-state index in [1.165, 1.54) is 10.9 Å². The van der Waals surface area contributed by atoms with E-state index in [0.29, 0.717) is 4.32 Å². The van der Waals surface area contributed by atoms with Gasteiger partial charge in [-0.15, -0.1) is 12.6 Å². The molecule has 1 aliphatic heterocycles. The molecule has 0 bridgehead atoms. The lowest BCUT2D eigenvalue weighted by Crippen LogP contribution is -2.38. The van der Waals surface area contributed by atoms with Gasteiger partial charge < -0.3 is 15.0 Å². The lowest BCUT2D eigenvalue weighted by atomic mass is 9.98. The van der Waals surface area contributed by atoms with E-state index in [9.17, 15) is 5.11 Å². The Hall–Kier alpha value is -1.04. The number of thiol groups is 1. The van der Waals surface area contributed by atoms with E-state index in [1.54, 1.807) is 0 Å². The second-order valence-electron chi connectivity index (χ2n) is 4.49. The van der Waals surface area contributed by atoms with Gasteiger partial charge >= 0.3 is 0 Å². The van der Waals surface area contributed by atoms with Crippen LogP contribution in [0.3, 0.4) is 0 Å². The molecule has 5 heteroatoms. The number of hydrogen-bond acceptors (Lipinski definition) is 2. The van der Waals surface area contributed by atoms with Gasteiger partial charge in [0.05, 0.1) is 12.6 Å². The highest BCUT2D eigenvalue weighted by atomic mass is 32.1. The normalized spacial score (nSPS) is 19.0. The van der Waals surface area contributed by atoms with E-state index < -0.39 is 0 Å². The Labute approximate surface area is 116 Å². The Morgan fingerprint density at radius 3 is 3.00 bits per heavy atom. The lowest BCUT2D eigenvalue weighted by Gasteiger charge is -2.35. The fraction of sp³-hybridized carbons (Fsp3) is 0.308. The fourth-order valence-corrected chi connectivity index (χ4v) is 3.20. The minimum atomic E-state index is -0.105. The van der Waals surface area contributed by atoms with Crippen molar-refractivity contribution in [2.45, 2.75) is 12.5 Å². The molecule has 0 amide bonds. The van der Waals surface area contributed by atoms with E-state index in [1.807, 2.05) is 17.0 Å². The summed E-state index contributed by atoms with van der Waals surface area (Å²) in [6.45, 7) is 0.850. The molecule has 0 fully saturated rings. The number of benzene rings is 1. The molecule has 2 heterocycles. The Kier molecular flexibility index (Phi) is 3.05. The first-order valence-corrected chi connectivity index (χ1v) is 6.78. The quantitative estimate of drug-likeness (QED) is 0.553. The van der Waals surface area contributed by atoms with Crippen molar-refractivity contribution in [2.75, 3.05) is 13.2 Å². The molecule has 1 atom stereocenters. The minimum Gasteiger partial charge on any atom is -0.394 e. The average molecular weight is 278 g/mol. The van der Waals surface area contributed by atoms with E-state index >= 15 is 0 Å². The van der Waals surface area contributed by atoms with E-state index in [-0.39, 0.29) is 12.6 Å². The van der Waals surface area contributed by atoms with Crippen LogP contribution < -0.4 is 0 Å².